The molecule has 2 bridgehead atoms. The largest absolute Gasteiger partial charge is 0.265 e. The van der Waals surface area contributed by atoms with E-state index in [1.165, 1.54) is 47.9 Å². The molecule has 4 atom stereocenters. The number of hydrogen-bond donors (Lipinski definition) is 0. The van der Waals surface area contributed by atoms with Crippen molar-refractivity contribution in [3.05, 3.63) is 98.1 Å². The van der Waals surface area contributed by atoms with Crippen molar-refractivity contribution in [2.45, 2.75) is 48.3 Å². The van der Waals surface area contributed by atoms with Crippen molar-refractivity contribution in [3.63, 3.8) is 0 Å². The number of rotatable bonds is 4. The summed E-state index contributed by atoms with van der Waals surface area (Å²) < 4.78 is 4.91. The van der Waals surface area contributed by atoms with Crippen LogP contribution in [-0.2, 0) is 0 Å². The predicted molar refractivity (Wildman–Crippen MR) is 131 cm³/mol. The van der Waals surface area contributed by atoms with Crippen LogP contribution in [0.1, 0.15) is 37.8 Å². The summed E-state index contributed by atoms with van der Waals surface area (Å²) in [5.74, 6) is 0. The molecule has 5 heteroatoms. The summed E-state index contributed by atoms with van der Waals surface area (Å²) in [6.07, 6.45) is 21.6. The second-order valence-corrected chi connectivity index (χ2v) is 10.5. The fourth-order valence-corrected chi connectivity index (χ4v) is 7.35. The zero-order valence-corrected chi connectivity index (χ0v) is 19.4. The van der Waals surface area contributed by atoms with E-state index in [9.17, 15) is 0 Å². The van der Waals surface area contributed by atoms with Crippen LogP contribution in [0.15, 0.2) is 98.1 Å². The van der Waals surface area contributed by atoms with Crippen LogP contribution in [0.5, 0.6) is 0 Å². The van der Waals surface area contributed by atoms with Gasteiger partial charge in [0.2, 0.25) is 0 Å². The molecular weight excluding hydrogens is 424 g/mol. The topological polar surface area (TPSA) is 33.5 Å². The number of fused-ring (bicyclic) bond motifs is 2. The predicted octanol–water partition coefficient (Wildman–Crippen LogP) is 5.23. The number of pyridine rings is 4. The van der Waals surface area contributed by atoms with Gasteiger partial charge in [-0.2, -0.15) is 0 Å². The maximum atomic E-state index is 4.13. The first-order valence-corrected chi connectivity index (χ1v) is 12.8. The molecule has 33 heavy (non-hydrogen) atoms. The van der Waals surface area contributed by atoms with Crippen molar-refractivity contribution in [2.24, 2.45) is 0 Å². The Morgan fingerprint density at radius 2 is 0.879 bits per heavy atom. The minimum Gasteiger partial charge on any atom is -0.265 e. The number of thioether (sulfide) groups is 1. The maximum Gasteiger partial charge on any atom is 0.170 e. The highest BCUT2D eigenvalue weighted by atomic mass is 32.2. The molecule has 6 heterocycles. The van der Waals surface area contributed by atoms with Crippen LogP contribution in [0, 0.1) is 0 Å². The lowest BCUT2D eigenvalue weighted by molar-refractivity contribution is -0.733. The Kier molecular flexibility index (Phi) is 5.64. The monoisotopic (exact) mass is 452 g/mol. The maximum absolute atomic E-state index is 4.13. The van der Waals surface area contributed by atoms with E-state index in [1.807, 2.05) is 24.8 Å². The smallest absolute Gasteiger partial charge is 0.170 e. The third-order valence-corrected chi connectivity index (χ3v) is 9.00. The van der Waals surface area contributed by atoms with Crippen molar-refractivity contribution in [2.75, 3.05) is 0 Å². The average molecular weight is 453 g/mol. The van der Waals surface area contributed by atoms with Crippen molar-refractivity contribution in [1.29, 1.82) is 0 Å². The van der Waals surface area contributed by atoms with Crippen molar-refractivity contribution >= 4 is 11.8 Å². The molecule has 0 aromatic carbocycles. The Morgan fingerprint density at radius 1 is 0.515 bits per heavy atom. The Hall–Kier alpha value is -3.05. The lowest BCUT2D eigenvalue weighted by Gasteiger charge is -2.38. The van der Waals surface area contributed by atoms with E-state index in [0.29, 0.717) is 22.6 Å². The van der Waals surface area contributed by atoms with Gasteiger partial charge in [0.1, 0.15) is 0 Å². The Labute approximate surface area is 199 Å². The van der Waals surface area contributed by atoms with Crippen LogP contribution in [0.2, 0.25) is 0 Å². The highest BCUT2D eigenvalue weighted by molar-refractivity contribution is 8.00. The van der Waals surface area contributed by atoms with Gasteiger partial charge in [-0.15, -0.1) is 11.8 Å². The summed E-state index contributed by atoms with van der Waals surface area (Å²) >= 11 is 2.22. The Bertz CT molecular complexity index is 1100. The summed E-state index contributed by atoms with van der Waals surface area (Å²) in [6.45, 7) is 0. The summed E-state index contributed by atoms with van der Waals surface area (Å²) in [5.41, 5.74) is 4.96. The molecule has 2 aliphatic rings. The molecule has 4 aromatic heterocycles. The standard InChI is InChI=1S/C28H28N4S/c1-3-27-26(32-19-11-24(12-20-32)22-7-15-30-16-8-22)2-4-28(33-27)25(1)31-17-9-23(10-18-31)21-5-13-29-14-6-21/h5-20,25-28H,1-4H2/q+2/t25-,26-,27-,28-/m1/s1. The van der Waals surface area contributed by atoms with Gasteiger partial charge in [0.15, 0.2) is 36.9 Å². The Balaban J connectivity index is 1.14. The fraction of sp³-hybridized carbons (Fsp3) is 0.286. The molecule has 164 valence electrons. The van der Waals surface area contributed by atoms with Gasteiger partial charge in [-0.05, 0) is 59.4 Å². The molecule has 0 aliphatic carbocycles. The first-order valence-electron chi connectivity index (χ1n) is 11.8. The normalized spacial score (nSPS) is 24.4. The second-order valence-electron chi connectivity index (χ2n) is 9.04. The average Bonchev–Trinajstić information content (AvgIpc) is 2.90. The Morgan fingerprint density at radius 3 is 1.27 bits per heavy atom. The second kappa shape index (κ2) is 9.06. The molecule has 6 rings (SSSR count). The lowest BCUT2D eigenvalue weighted by Crippen LogP contribution is -2.54. The molecule has 4 nitrogen and oxygen atoms in total. The van der Waals surface area contributed by atoms with Gasteiger partial charge in [-0.1, -0.05) is 0 Å². The van der Waals surface area contributed by atoms with E-state index < -0.39 is 0 Å². The number of hydrogen-bond acceptors (Lipinski definition) is 3. The number of aromatic nitrogens is 4. The molecular formula is C28H28N4S+2. The fourth-order valence-electron chi connectivity index (χ4n) is 5.44. The van der Waals surface area contributed by atoms with Crippen LogP contribution < -0.4 is 9.13 Å². The summed E-state index contributed by atoms with van der Waals surface area (Å²) in [6, 6.07) is 18.5. The summed E-state index contributed by atoms with van der Waals surface area (Å²) in [5, 5.41) is 1.40. The van der Waals surface area contributed by atoms with E-state index in [1.54, 1.807) is 0 Å². The minimum absolute atomic E-state index is 0.595. The molecule has 2 aliphatic heterocycles. The zero-order valence-electron chi connectivity index (χ0n) is 18.6. The molecule has 0 N–H and O–H groups in total. The van der Waals surface area contributed by atoms with Gasteiger partial charge in [0.25, 0.3) is 0 Å². The first kappa shape index (κ1) is 20.5. The van der Waals surface area contributed by atoms with E-state index in [-0.39, 0.29) is 0 Å². The van der Waals surface area contributed by atoms with Gasteiger partial charge < -0.3 is 0 Å². The molecule has 0 amide bonds. The quantitative estimate of drug-likeness (QED) is 0.398. The van der Waals surface area contributed by atoms with E-state index in [4.69, 9.17) is 0 Å². The molecule has 0 saturated carbocycles. The van der Waals surface area contributed by atoms with Crippen LogP contribution in [-0.4, -0.2) is 20.5 Å². The van der Waals surface area contributed by atoms with Gasteiger partial charge >= 0.3 is 0 Å². The van der Waals surface area contributed by atoms with Gasteiger partial charge in [-0.25, -0.2) is 9.13 Å². The number of nitrogens with zero attached hydrogens (tertiary/aromatic N) is 4. The van der Waals surface area contributed by atoms with Crippen LogP contribution in [0.25, 0.3) is 22.3 Å². The summed E-state index contributed by atoms with van der Waals surface area (Å²) in [4.78, 5) is 8.26. The van der Waals surface area contributed by atoms with Crippen LogP contribution in [0.3, 0.4) is 0 Å². The molecule has 2 fully saturated rings. The van der Waals surface area contributed by atoms with Gasteiger partial charge in [0, 0.05) is 61.9 Å². The summed E-state index contributed by atoms with van der Waals surface area (Å²) in [7, 11) is 0. The third-order valence-electron chi connectivity index (χ3n) is 7.20. The molecule has 0 unspecified atom stereocenters. The van der Waals surface area contributed by atoms with Crippen LogP contribution >= 0.6 is 11.8 Å². The van der Waals surface area contributed by atoms with E-state index in [0.717, 1.165) is 0 Å². The first-order chi connectivity index (χ1) is 16.3. The molecule has 0 spiro atoms. The highest BCUT2D eigenvalue weighted by Gasteiger charge is 2.46. The van der Waals surface area contributed by atoms with Gasteiger partial charge in [0.05, 0.1) is 10.5 Å². The van der Waals surface area contributed by atoms with Crippen molar-refractivity contribution in [1.82, 2.24) is 9.97 Å². The minimum atomic E-state index is 0.595. The van der Waals surface area contributed by atoms with E-state index in [2.05, 4.69) is 104 Å². The van der Waals surface area contributed by atoms with Gasteiger partial charge in [-0.3, -0.25) is 9.97 Å². The highest BCUT2D eigenvalue weighted by Crippen LogP contribution is 2.47. The lowest BCUT2D eigenvalue weighted by atomic mass is 9.90. The van der Waals surface area contributed by atoms with Crippen LogP contribution in [0.4, 0.5) is 0 Å². The molecule has 2 saturated heterocycles. The SMILES string of the molecule is c1cc(-c2cc[n+]([C@@H]3CC[C@H]4S[C@@H]3CC[C@H]4[n+]3ccc(-c4ccncc4)cc3)cc2)ccn1. The third kappa shape index (κ3) is 4.18. The molecule has 0 radical (unpaired) electrons. The zero-order chi connectivity index (χ0) is 22.0. The molecule has 4 aromatic rings. The van der Waals surface area contributed by atoms with Crippen molar-refractivity contribution < 1.29 is 9.13 Å². The van der Waals surface area contributed by atoms with E-state index >= 15 is 0 Å². The van der Waals surface area contributed by atoms with Crippen molar-refractivity contribution in [3.8, 4) is 22.3 Å².